The minimum absolute atomic E-state index is 0.130. The van der Waals surface area contributed by atoms with E-state index in [1.165, 1.54) is 0 Å². The van der Waals surface area contributed by atoms with Gasteiger partial charge in [0.15, 0.2) is 0 Å². The van der Waals surface area contributed by atoms with Gasteiger partial charge in [0, 0.05) is 11.1 Å². The van der Waals surface area contributed by atoms with Gasteiger partial charge < -0.3 is 10.5 Å². The number of nitrogens with two attached hydrogens (primary N) is 1. The summed E-state index contributed by atoms with van der Waals surface area (Å²) in [5, 5.41) is 0.809. The van der Waals surface area contributed by atoms with Crippen LogP contribution in [0, 0.1) is 0 Å². The maximum atomic E-state index is 6.16. The van der Waals surface area contributed by atoms with Crippen LogP contribution in [0.3, 0.4) is 0 Å². The van der Waals surface area contributed by atoms with Crippen LogP contribution in [-0.4, -0.2) is 18.2 Å². The number of ether oxygens (including phenoxy) is 1. The quantitative estimate of drug-likeness (QED) is 0.895. The Balaban J connectivity index is 1.85. The highest BCUT2D eigenvalue weighted by atomic mass is 35.5. The van der Waals surface area contributed by atoms with Gasteiger partial charge in [0.25, 0.3) is 0 Å². The molecule has 1 aromatic carbocycles. The molecule has 1 fully saturated rings. The predicted octanol–water partition coefficient (Wildman–Crippen LogP) is 3.17. The van der Waals surface area contributed by atoms with Crippen LogP contribution in [0.25, 0.3) is 0 Å². The van der Waals surface area contributed by atoms with Crippen molar-refractivity contribution in [2.45, 2.75) is 50.9 Å². The molecule has 0 radical (unpaired) electrons. The molecule has 3 unspecified atom stereocenters. The standard InChI is InChI=1S/C14H20ClNO/c1-10-6-7-13(17-10)9-12(16)8-11-4-2-3-5-14(11)15/h2-5,10,12-13H,6-9,16H2,1H3. The van der Waals surface area contributed by atoms with Gasteiger partial charge in [-0.05, 0) is 44.2 Å². The van der Waals surface area contributed by atoms with Gasteiger partial charge in [-0.3, -0.25) is 0 Å². The summed E-state index contributed by atoms with van der Waals surface area (Å²) in [5.41, 5.74) is 7.29. The molecule has 0 aliphatic carbocycles. The molecule has 0 bridgehead atoms. The van der Waals surface area contributed by atoms with E-state index in [4.69, 9.17) is 22.1 Å². The molecule has 0 spiro atoms. The van der Waals surface area contributed by atoms with Crippen LogP contribution >= 0.6 is 11.6 Å². The van der Waals surface area contributed by atoms with E-state index < -0.39 is 0 Å². The molecule has 3 heteroatoms. The Morgan fingerprint density at radius 1 is 1.41 bits per heavy atom. The van der Waals surface area contributed by atoms with Crippen molar-refractivity contribution in [1.82, 2.24) is 0 Å². The van der Waals surface area contributed by atoms with Gasteiger partial charge >= 0.3 is 0 Å². The first kappa shape index (κ1) is 12.9. The van der Waals surface area contributed by atoms with Crippen molar-refractivity contribution < 1.29 is 4.74 Å². The zero-order chi connectivity index (χ0) is 12.3. The minimum Gasteiger partial charge on any atom is -0.375 e. The molecule has 1 heterocycles. The Morgan fingerprint density at radius 2 is 2.18 bits per heavy atom. The highest BCUT2D eigenvalue weighted by molar-refractivity contribution is 6.31. The summed E-state index contributed by atoms with van der Waals surface area (Å²) in [4.78, 5) is 0. The van der Waals surface area contributed by atoms with Gasteiger partial charge in [0.2, 0.25) is 0 Å². The van der Waals surface area contributed by atoms with Gasteiger partial charge in [-0.2, -0.15) is 0 Å². The van der Waals surface area contributed by atoms with Crippen molar-refractivity contribution in [2.24, 2.45) is 5.73 Å². The molecule has 0 aromatic heterocycles. The van der Waals surface area contributed by atoms with Gasteiger partial charge in [0.05, 0.1) is 12.2 Å². The summed E-state index contributed by atoms with van der Waals surface area (Å²) >= 11 is 6.12. The monoisotopic (exact) mass is 253 g/mol. The molecule has 1 aliphatic heterocycles. The molecular weight excluding hydrogens is 234 g/mol. The van der Waals surface area contributed by atoms with Crippen LogP contribution in [0.5, 0.6) is 0 Å². The molecule has 3 atom stereocenters. The van der Waals surface area contributed by atoms with E-state index in [-0.39, 0.29) is 6.04 Å². The summed E-state index contributed by atoms with van der Waals surface area (Å²) in [5.74, 6) is 0. The third-order valence-corrected chi connectivity index (χ3v) is 3.69. The van der Waals surface area contributed by atoms with E-state index in [0.717, 1.165) is 36.3 Å². The lowest BCUT2D eigenvalue weighted by Gasteiger charge is -2.17. The first-order valence-corrected chi connectivity index (χ1v) is 6.67. The Bertz CT molecular complexity index is 369. The molecule has 0 amide bonds. The number of hydrogen-bond acceptors (Lipinski definition) is 2. The van der Waals surface area contributed by atoms with Gasteiger partial charge in [0.1, 0.15) is 0 Å². The van der Waals surface area contributed by atoms with Crippen LogP contribution < -0.4 is 5.73 Å². The lowest BCUT2D eigenvalue weighted by Crippen LogP contribution is -2.28. The van der Waals surface area contributed by atoms with Crippen molar-refractivity contribution in [3.63, 3.8) is 0 Å². The average Bonchev–Trinajstić information content (AvgIpc) is 2.67. The average molecular weight is 254 g/mol. The fraction of sp³-hybridized carbons (Fsp3) is 0.571. The van der Waals surface area contributed by atoms with Crippen LogP contribution in [0.2, 0.25) is 5.02 Å². The van der Waals surface area contributed by atoms with Gasteiger partial charge in [-0.15, -0.1) is 0 Å². The molecule has 94 valence electrons. The molecule has 0 saturated carbocycles. The van der Waals surface area contributed by atoms with Crippen molar-refractivity contribution in [1.29, 1.82) is 0 Å². The molecule has 1 saturated heterocycles. The van der Waals surface area contributed by atoms with Crippen molar-refractivity contribution >= 4 is 11.6 Å². The second kappa shape index (κ2) is 5.85. The van der Waals surface area contributed by atoms with Crippen LogP contribution in [0.1, 0.15) is 31.7 Å². The first-order chi connectivity index (χ1) is 8.15. The molecule has 1 aromatic rings. The van der Waals surface area contributed by atoms with Crippen molar-refractivity contribution in [3.8, 4) is 0 Å². The largest absolute Gasteiger partial charge is 0.375 e. The van der Waals surface area contributed by atoms with E-state index in [2.05, 4.69) is 6.92 Å². The Hall–Kier alpha value is -0.570. The van der Waals surface area contributed by atoms with Crippen LogP contribution in [0.4, 0.5) is 0 Å². The fourth-order valence-electron chi connectivity index (χ4n) is 2.43. The zero-order valence-electron chi connectivity index (χ0n) is 10.2. The Morgan fingerprint density at radius 3 is 2.82 bits per heavy atom. The highest BCUT2D eigenvalue weighted by Gasteiger charge is 2.23. The van der Waals surface area contributed by atoms with Gasteiger partial charge in [-0.1, -0.05) is 29.8 Å². The van der Waals surface area contributed by atoms with Gasteiger partial charge in [-0.25, -0.2) is 0 Å². The molecule has 17 heavy (non-hydrogen) atoms. The second-order valence-corrected chi connectivity index (χ2v) is 5.34. The molecule has 1 aliphatic rings. The van der Waals surface area contributed by atoms with Crippen LogP contribution in [0.15, 0.2) is 24.3 Å². The maximum Gasteiger partial charge on any atom is 0.0594 e. The minimum atomic E-state index is 0.130. The Labute approximate surface area is 108 Å². The summed E-state index contributed by atoms with van der Waals surface area (Å²) in [6.07, 6.45) is 4.78. The summed E-state index contributed by atoms with van der Waals surface area (Å²) in [6.45, 7) is 2.12. The second-order valence-electron chi connectivity index (χ2n) is 4.94. The number of benzene rings is 1. The molecule has 2 N–H and O–H groups in total. The lowest BCUT2D eigenvalue weighted by molar-refractivity contribution is 0.0471. The van der Waals surface area contributed by atoms with Crippen LogP contribution in [-0.2, 0) is 11.2 Å². The molecule has 2 rings (SSSR count). The van der Waals surface area contributed by atoms with E-state index in [1.54, 1.807) is 0 Å². The smallest absolute Gasteiger partial charge is 0.0594 e. The zero-order valence-corrected chi connectivity index (χ0v) is 11.0. The number of halogens is 1. The fourth-order valence-corrected chi connectivity index (χ4v) is 2.64. The highest BCUT2D eigenvalue weighted by Crippen LogP contribution is 2.24. The van der Waals surface area contributed by atoms with Crippen molar-refractivity contribution in [2.75, 3.05) is 0 Å². The number of hydrogen-bond donors (Lipinski definition) is 1. The Kier molecular flexibility index (Phi) is 4.43. The number of rotatable bonds is 4. The third-order valence-electron chi connectivity index (χ3n) is 3.33. The van der Waals surface area contributed by atoms with E-state index in [1.807, 2.05) is 24.3 Å². The summed E-state index contributed by atoms with van der Waals surface area (Å²) in [6, 6.07) is 8.03. The topological polar surface area (TPSA) is 35.2 Å². The molecule has 2 nitrogen and oxygen atoms in total. The lowest BCUT2D eigenvalue weighted by atomic mass is 10.00. The summed E-state index contributed by atoms with van der Waals surface area (Å²) in [7, 11) is 0. The van der Waals surface area contributed by atoms with E-state index >= 15 is 0 Å². The van der Waals surface area contributed by atoms with E-state index in [0.29, 0.717) is 12.2 Å². The normalized spacial score (nSPS) is 26.1. The maximum absolute atomic E-state index is 6.16. The third kappa shape index (κ3) is 3.70. The summed E-state index contributed by atoms with van der Waals surface area (Å²) < 4.78 is 5.79. The first-order valence-electron chi connectivity index (χ1n) is 6.29. The van der Waals surface area contributed by atoms with E-state index in [9.17, 15) is 0 Å². The van der Waals surface area contributed by atoms with Crippen molar-refractivity contribution in [3.05, 3.63) is 34.9 Å². The SMILES string of the molecule is CC1CCC(CC(N)Cc2ccccc2Cl)O1. The molecular formula is C14H20ClNO. The predicted molar refractivity (Wildman–Crippen MR) is 71.3 cm³/mol.